The van der Waals surface area contributed by atoms with E-state index in [-0.39, 0.29) is 11.3 Å². The molecule has 1 aliphatic heterocycles. The summed E-state index contributed by atoms with van der Waals surface area (Å²) in [5.74, 6) is 1.64. The number of ether oxygens (including phenoxy) is 2. The first-order chi connectivity index (χ1) is 12.1. The number of hydrogen-bond acceptors (Lipinski definition) is 3. The quantitative estimate of drug-likeness (QED) is 0.890. The number of carbonyl (C=O) groups excluding carboxylic acids is 1. The molecule has 0 radical (unpaired) electrons. The Morgan fingerprint density at radius 1 is 1.04 bits per heavy atom. The van der Waals surface area contributed by atoms with E-state index in [0.29, 0.717) is 31.2 Å². The van der Waals surface area contributed by atoms with Crippen molar-refractivity contribution in [1.82, 2.24) is 5.32 Å². The topological polar surface area (TPSA) is 47.6 Å². The Morgan fingerprint density at radius 2 is 1.76 bits per heavy atom. The molecule has 0 atom stereocenters. The molecule has 4 rings (SSSR count). The lowest BCUT2D eigenvalue weighted by molar-refractivity contribution is -0.120. The van der Waals surface area contributed by atoms with Crippen LogP contribution in [0.3, 0.4) is 0 Å². The number of benzene rings is 2. The van der Waals surface area contributed by atoms with Crippen LogP contribution in [0.1, 0.15) is 24.0 Å². The van der Waals surface area contributed by atoms with Gasteiger partial charge in [-0.25, -0.2) is 0 Å². The number of amides is 1. The van der Waals surface area contributed by atoms with Crippen LogP contribution in [0.15, 0.2) is 42.5 Å². The summed E-state index contributed by atoms with van der Waals surface area (Å²) in [6.45, 7) is 1.83. The minimum Gasteiger partial charge on any atom is -0.486 e. The second-order valence-corrected chi connectivity index (χ2v) is 7.16. The summed E-state index contributed by atoms with van der Waals surface area (Å²) in [6.07, 6.45) is 2.52. The van der Waals surface area contributed by atoms with Gasteiger partial charge in [-0.2, -0.15) is 0 Å². The zero-order valence-electron chi connectivity index (χ0n) is 13.9. The summed E-state index contributed by atoms with van der Waals surface area (Å²) in [7, 11) is 0. The number of hydrogen-bond donors (Lipinski definition) is 1. The van der Waals surface area contributed by atoms with Gasteiger partial charge in [-0.3, -0.25) is 4.79 Å². The van der Waals surface area contributed by atoms with Crippen LogP contribution < -0.4 is 14.8 Å². The van der Waals surface area contributed by atoms with Crippen molar-refractivity contribution in [2.24, 2.45) is 0 Å². The van der Waals surface area contributed by atoms with Crippen LogP contribution in [0.2, 0.25) is 5.02 Å². The van der Waals surface area contributed by atoms with Gasteiger partial charge in [0.1, 0.15) is 13.2 Å². The van der Waals surface area contributed by atoms with Gasteiger partial charge in [-0.05, 0) is 48.2 Å². The minimum atomic E-state index is 0.0332. The van der Waals surface area contributed by atoms with Crippen molar-refractivity contribution >= 4 is 17.5 Å². The van der Waals surface area contributed by atoms with E-state index in [0.717, 1.165) is 29.9 Å². The van der Waals surface area contributed by atoms with Crippen LogP contribution in [0.25, 0.3) is 0 Å². The predicted octanol–water partition coefficient (Wildman–Crippen LogP) is 3.50. The summed E-state index contributed by atoms with van der Waals surface area (Å²) in [6, 6.07) is 13.5. The Hall–Kier alpha value is -2.20. The summed E-state index contributed by atoms with van der Waals surface area (Å²) >= 11 is 5.88. The van der Waals surface area contributed by atoms with Crippen LogP contribution in [-0.4, -0.2) is 25.7 Å². The second-order valence-electron chi connectivity index (χ2n) is 6.72. The highest BCUT2D eigenvalue weighted by atomic mass is 35.5. The minimum absolute atomic E-state index is 0.0332. The van der Waals surface area contributed by atoms with E-state index in [1.807, 2.05) is 30.3 Å². The van der Waals surface area contributed by atoms with Gasteiger partial charge in [0, 0.05) is 17.0 Å². The Labute approximate surface area is 152 Å². The molecule has 2 aromatic rings. The second kappa shape index (κ2) is 6.60. The van der Waals surface area contributed by atoms with E-state index >= 15 is 0 Å². The van der Waals surface area contributed by atoms with Crippen molar-refractivity contribution in [3.63, 3.8) is 0 Å². The molecule has 1 aliphatic carbocycles. The fourth-order valence-electron chi connectivity index (χ4n) is 3.21. The van der Waals surface area contributed by atoms with Crippen LogP contribution in [0.5, 0.6) is 11.5 Å². The molecular formula is C20H20ClNO3. The van der Waals surface area contributed by atoms with Crippen molar-refractivity contribution in [2.75, 3.05) is 19.8 Å². The highest BCUT2D eigenvalue weighted by molar-refractivity contribution is 6.30. The molecule has 1 amide bonds. The average molecular weight is 358 g/mol. The van der Waals surface area contributed by atoms with Crippen LogP contribution in [0, 0.1) is 0 Å². The molecule has 0 unspecified atom stereocenters. The fourth-order valence-corrected chi connectivity index (χ4v) is 3.34. The summed E-state index contributed by atoms with van der Waals surface area (Å²) in [5, 5.41) is 3.76. The lowest BCUT2D eigenvalue weighted by Gasteiger charge is -2.22. The van der Waals surface area contributed by atoms with E-state index in [4.69, 9.17) is 21.1 Å². The van der Waals surface area contributed by atoms with E-state index < -0.39 is 0 Å². The fraction of sp³-hybridized carbons (Fsp3) is 0.350. The summed E-state index contributed by atoms with van der Waals surface area (Å²) in [4.78, 5) is 12.2. The first-order valence-corrected chi connectivity index (χ1v) is 8.94. The SMILES string of the molecule is O=C(Cc1ccc(Cl)cc1)NCC1(c2ccc3c(c2)OCCO3)CC1. The molecule has 25 heavy (non-hydrogen) atoms. The van der Waals surface area contributed by atoms with Crippen molar-refractivity contribution in [2.45, 2.75) is 24.7 Å². The largest absolute Gasteiger partial charge is 0.486 e. The van der Waals surface area contributed by atoms with Gasteiger partial charge in [0.15, 0.2) is 11.5 Å². The third-order valence-electron chi connectivity index (χ3n) is 4.91. The number of halogens is 1. The molecule has 1 fully saturated rings. The lowest BCUT2D eigenvalue weighted by atomic mass is 9.95. The van der Waals surface area contributed by atoms with Crippen LogP contribution >= 0.6 is 11.6 Å². The smallest absolute Gasteiger partial charge is 0.224 e. The van der Waals surface area contributed by atoms with Crippen LogP contribution in [0.4, 0.5) is 0 Å². The molecule has 4 nitrogen and oxygen atoms in total. The molecule has 0 bridgehead atoms. The van der Waals surface area contributed by atoms with E-state index in [1.54, 1.807) is 0 Å². The molecule has 1 saturated carbocycles. The average Bonchev–Trinajstić information content (AvgIpc) is 3.43. The molecule has 1 N–H and O–H groups in total. The third-order valence-corrected chi connectivity index (χ3v) is 5.16. The number of fused-ring (bicyclic) bond motifs is 1. The van der Waals surface area contributed by atoms with E-state index in [2.05, 4.69) is 17.4 Å². The van der Waals surface area contributed by atoms with Crippen molar-refractivity contribution in [3.8, 4) is 11.5 Å². The normalized spacial score (nSPS) is 17.0. The Kier molecular flexibility index (Phi) is 4.30. The van der Waals surface area contributed by atoms with E-state index in [9.17, 15) is 4.79 Å². The molecule has 2 aromatic carbocycles. The molecule has 0 saturated heterocycles. The van der Waals surface area contributed by atoms with Gasteiger partial charge >= 0.3 is 0 Å². The van der Waals surface area contributed by atoms with Crippen molar-refractivity contribution < 1.29 is 14.3 Å². The monoisotopic (exact) mass is 357 g/mol. The molecule has 2 aliphatic rings. The third kappa shape index (κ3) is 3.59. The highest BCUT2D eigenvalue weighted by Gasteiger charge is 2.44. The zero-order chi connectivity index (χ0) is 17.3. The lowest BCUT2D eigenvalue weighted by Crippen LogP contribution is -2.33. The molecule has 0 spiro atoms. The summed E-state index contributed by atoms with van der Waals surface area (Å²) in [5.41, 5.74) is 2.21. The molecular weight excluding hydrogens is 338 g/mol. The maximum Gasteiger partial charge on any atom is 0.224 e. The standard InChI is InChI=1S/C20H20ClNO3/c21-16-4-1-14(2-5-16)11-19(23)22-13-20(7-8-20)15-3-6-17-18(12-15)25-10-9-24-17/h1-6,12H,7-11,13H2,(H,22,23). The maximum atomic E-state index is 12.2. The highest BCUT2D eigenvalue weighted by Crippen LogP contribution is 2.49. The van der Waals surface area contributed by atoms with Gasteiger partial charge < -0.3 is 14.8 Å². The van der Waals surface area contributed by atoms with Gasteiger partial charge in [0.25, 0.3) is 0 Å². The molecule has 130 valence electrons. The van der Waals surface area contributed by atoms with Gasteiger partial charge in [0.05, 0.1) is 6.42 Å². The first-order valence-electron chi connectivity index (χ1n) is 8.56. The van der Waals surface area contributed by atoms with Crippen molar-refractivity contribution in [1.29, 1.82) is 0 Å². The molecule has 1 heterocycles. The van der Waals surface area contributed by atoms with Gasteiger partial charge in [0.2, 0.25) is 5.91 Å². The molecule has 5 heteroatoms. The van der Waals surface area contributed by atoms with Gasteiger partial charge in [-0.1, -0.05) is 29.8 Å². The number of rotatable bonds is 5. The predicted molar refractivity (Wildman–Crippen MR) is 96.5 cm³/mol. The van der Waals surface area contributed by atoms with Crippen molar-refractivity contribution in [3.05, 3.63) is 58.6 Å². The number of nitrogens with one attached hydrogen (secondary N) is 1. The zero-order valence-corrected chi connectivity index (χ0v) is 14.6. The van der Waals surface area contributed by atoms with Gasteiger partial charge in [-0.15, -0.1) is 0 Å². The number of carbonyl (C=O) groups is 1. The Bertz CT molecular complexity index is 784. The Morgan fingerprint density at radius 3 is 2.48 bits per heavy atom. The summed E-state index contributed by atoms with van der Waals surface area (Å²) < 4.78 is 11.3. The van der Waals surface area contributed by atoms with Crippen LogP contribution in [-0.2, 0) is 16.6 Å². The van der Waals surface area contributed by atoms with E-state index in [1.165, 1.54) is 5.56 Å². The molecule has 0 aromatic heterocycles. The Balaban J connectivity index is 1.38. The first kappa shape index (κ1) is 16.3. The maximum absolute atomic E-state index is 12.2.